The highest BCUT2D eigenvalue weighted by molar-refractivity contribution is 7.18. The number of anilines is 1. The Bertz CT molecular complexity index is 1090. The maximum absolute atomic E-state index is 12.4. The summed E-state index contributed by atoms with van der Waals surface area (Å²) in [5.74, 6) is 0.645. The molecule has 0 aliphatic carbocycles. The van der Waals surface area contributed by atoms with Crippen molar-refractivity contribution in [3.63, 3.8) is 0 Å². The van der Waals surface area contributed by atoms with Crippen molar-refractivity contribution in [3.8, 4) is 27.0 Å². The predicted molar refractivity (Wildman–Crippen MR) is 114 cm³/mol. The molecule has 7 nitrogen and oxygen atoms in total. The second-order valence-electron chi connectivity index (χ2n) is 5.95. The fraction of sp³-hybridized carbons (Fsp3) is 0.150. The van der Waals surface area contributed by atoms with Crippen LogP contribution in [0, 0.1) is 0 Å². The van der Waals surface area contributed by atoms with E-state index >= 15 is 0 Å². The van der Waals surface area contributed by atoms with E-state index in [1.807, 2.05) is 54.8 Å². The van der Waals surface area contributed by atoms with Gasteiger partial charge in [-0.05, 0) is 43.3 Å². The Morgan fingerprint density at radius 1 is 1.10 bits per heavy atom. The average molecular weight is 424 g/mol. The first-order valence-corrected chi connectivity index (χ1v) is 10.6. The van der Waals surface area contributed by atoms with Crippen LogP contribution in [0.3, 0.4) is 0 Å². The van der Waals surface area contributed by atoms with Gasteiger partial charge in [0.1, 0.15) is 16.5 Å². The van der Waals surface area contributed by atoms with Crippen molar-refractivity contribution in [1.29, 1.82) is 0 Å². The molecule has 0 saturated carbocycles. The van der Waals surface area contributed by atoms with Crippen LogP contribution < -0.4 is 10.1 Å². The number of thiazole rings is 1. The van der Waals surface area contributed by atoms with Crippen molar-refractivity contribution in [2.45, 2.75) is 13.3 Å². The van der Waals surface area contributed by atoms with Crippen molar-refractivity contribution in [2.24, 2.45) is 0 Å². The van der Waals surface area contributed by atoms with Crippen LogP contribution in [0.2, 0.25) is 0 Å². The normalized spacial score (nSPS) is 10.7. The minimum absolute atomic E-state index is 0.173. The van der Waals surface area contributed by atoms with Gasteiger partial charge in [-0.25, -0.2) is 4.98 Å². The van der Waals surface area contributed by atoms with Crippen LogP contribution in [0.5, 0.6) is 5.75 Å². The molecule has 0 aliphatic rings. The molecule has 29 heavy (non-hydrogen) atoms. The summed E-state index contributed by atoms with van der Waals surface area (Å²) in [5.41, 5.74) is 2.44. The molecule has 3 heterocycles. The zero-order valence-corrected chi connectivity index (χ0v) is 17.2. The van der Waals surface area contributed by atoms with Crippen LogP contribution in [0.4, 0.5) is 5.13 Å². The summed E-state index contributed by atoms with van der Waals surface area (Å²) in [5, 5.41) is 14.7. The molecule has 1 N–H and O–H groups in total. The number of benzene rings is 1. The summed E-state index contributed by atoms with van der Waals surface area (Å²) in [4.78, 5) is 21.2. The van der Waals surface area contributed by atoms with Crippen LogP contribution >= 0.6 is 22.7 Å². The number of hydrogen-bond donors (Lipinski definition) is 1. The first-order chi connectivity index (χ1) is 14.2. The summed E-state index contributed by atoms with van der Waals surface area (Å²) in [7, 11) is 0. The number of amides is 1. The molecule has 4 aromatic rings. The molecule has 0 spiro atoms. The van der Waals surface area contributed by atoms with Crippen LogP contribution in [0.25, 0.3) is 21.3 Å². The van der Waals surface area contributed by atoms with Gasteiger partial charge < -0.3 is 10.1 Å². The predicted octanol–water partition coefficient (Wildman–Crippen LogP) is 4.30. The number of carbonyl (C=O) groups excluding carboxylic acids is 1. The highest BCUT2D eigenvalue weighted by Gasteiger charge is 2.13. The monoisotopic (exact) mass is 423 g/mol. The number of ether oxygens (including phenoxy) is 1. The molecule has 0 radical (unpaired) electrons. The number of hydrogen-bond acceptors (Lipinski definition) is 8. The fourth-order valence-electron chi connectivity index (χ4n) is 2.58. The Morgan fingerprint density at radius 3 is 2.72 bits per heavy atom. The molecule has 0 unspecified atom stereocenters. The topological polar surface area (TPSA) is 89.9 Å². The second-order valence-corrected chi connectivity index (χ2v) is 7.79. The van der Waals surface area contributed by atoms with Crippen LogP contribution in [-0.4, -0.2) is 32.7 Å². The molecule has 0 atom stereocenters. The van der Waals surface area contributed by atoms with Gasteiger partial charge in [0, 0.05) is 17.1 Å². The van der Waals surface area contributed by atoms with Crippen molar-refractivity contribution in [2.75, 3.05) is 11.9 Å². The van der Waals surface area contributed by atoms with Gasteiger partial charge in [-0.15, -0.1) is 21.5 Å². The SMILES string of the molecule is CCOc1ccc(-c2nc(CC(=O)Nc3nnc(-c4ccccn4)s3)cs2)cc1. The van der Waals surface area contributed by atoms with Crippen molar-refractivity contribution in [1.82, 2.24) is 20.2 Å². The third-order valence-electron chi connectivity index (χ3n) is 3.86. The van der Waals surface area contributed by atoms with E-state index in [0.29, 0.717) is 22.4 Å². The number of rotatable bonds is 7. The maximum Gasteiger partial charge on any atom is 0.232 e. The minimum atomic E-state index is -0.183. The second kappa shape index (κ2) is 8.89. The minimum Gasteiger partial charge on any atom is -0.494 e. The lowest BCUT2D eigenvalue weighted by molar-refractivity contribution is -0.115. The molecule has 0 bridgehead atoms. The molecule has 0 aliphatic heterocycles. The standard InChI is InChI=1S/C20H17N5O2S2/c1-2-27-15-8-6-13(7-9-15)18-22-14(12-28-18)11-17(26)23-20-25-24-19(29-20)16-5-3-4-10-21-16/h3-10,12H,2,11H2,1H3,(H,23,25,26). The summed E-state index contributed by atoms with van der Waals surface area (Å²) in [6, 6.07) is 13.3. The van der Waals surface area contributed by atoms with Crippen molar-refractivity contribution < 1.29 is 9.53 Å². The Balaban J connectivity index is 1.37. The van der Waals surface area contributed by atoms with E-state index in [2.05, 4.69) is 25.5 Å². The zero-order valence-electron chi connectivity index (χ0n) is 15.5. The van der Waals surface area contributed by atoms with Gasteiger partial charge in [-0.1, -0.05) is 17.4 Å². The molecule has 1 amide bonds. The number of aromatic nitrogens is 4. The lowest BCUT2D eigenvalue weighted by Gasteiger charge is -2.03. The number of carbonyl (C=O) groups is 1. The van der Waals surface area contributed by atoms with E-state index in [0.717, 1.165) is 22.0 Å². The summed E-state index contributed by atoms with van der Waals surface area (Å²) < 4.78 is 5.46. The summed E-state index contributed by atoms with van der Waals surface area (Å²) in [6.07, 6.45) is 1.87. The van der Waals surface area contributed by atoms with Crippen molar-refractivity contribution in [3.05, 3.63) is 59.7 Å². The Labute approximate surface area is 175 Å². The van der Waals surface area contributed by atoms with Gasteiger partial charge >= 0.3 is 0 Å². The molecule has 4 rings (SSSR count). The smallest absolute Gasteiger partial charge is 0.232 e. The molecule has 1 aromatic carbocycles. The van der Waals surface area contributed by atoms with Crippen LogP contribution in [-0.2, 0) is 11.2 Å². The highest BCUT2D eigenvalue weighted by Crippen LogP contribution is 2.27. The Kier molecular flexibility index (Phi) is 5.87. The maximum atomic E-state index is 12.4. The molecular weight excluding hydrogens is 406 g/mol. The van der Waals surface area contributed by atoms with E-state index < -0.39 is 0 Å². The van der Waals surface area contributed by atoms with Gasteiger partial charge in [0.15, 0.2) is 5.01 Å². The summed E-state index contributed by atoms with van der Waals surface area (Å²) >= 11 is 2.79. The number of nitrogens with zero attached hydrogens (tertiary/aromatic N) is 4. The first kappa shape index (κ1) is 19.2. The van der Waals surface area contributed by atoms with Gasteiger partial charge in [-0.3, -0.25) is 9.78 Å². The third kappa shape index (κ3) is 4.82. The third-order valence-corrected chi connectivity index (χ3v) is 5.66. The van der Waals surface area contributed by atoms with Gasteiger partial charge in [0.2, 0.25) is 11.0 Å². The lowest BCUT2D eigenvalue weighted by Crippen LogP contribution is -2.14. The molecule has 3 aromatic heterocycles. The number of pyridine rings is 1. The average Bonchev–Trinajstić information content (AvgIpc) is 3.39. The Morgan fingerprint density at radius 2 is 1.97 bits per heavy atom. The first-order valence-electron chi connectivity index (χ1n) is 8.93. The van der Waals surface area contributed by atoms with E-state index in [9.17, 15) is 4.79 Å². The van der Waals surface area contributed by atoms with Gasteiger partial charge in [-0.2, -0.15) is 0 Å². The molecule has 0 saturated heterocycles. The largest absolute Gasteiger partial charge is 0.494 e. The van der Waals surface area contributed by atoms with E-state index in [1.54, 1.807) is 6.20 Å². The van der Waals surface area contributed by atoms with Crippen LogP contribution in [0.15, 0.2) is 54.0 Å². The van der Waals surface area contributed by atoms with E-state index in [4.69, 9.17) is 4.74 Å². The molecule has 0 fully saturated rings. The van der Waals surface area contributed by atoms with E-state index in [-0.39, 0.29) is 12.3 Å². The highest BCUT2D eigenvalue weighted by atomic mass is 32.1. The molecule has 146 valence electrons. The summed E-state index contributed by atoms with van der Waals surface area (Å²) in [6.45, 7) is 2.58. The van der Waals surface area contributed by atoms with Gasteiger partial charge in [0.25, 0.3) is 0 Å². The quantitative estimate of drug-likeness (QED) is 0.477. The van der Waals surface area contributed by atoms with Crippen LogP contribution in [0.1, 0.15) is 12.6 Å². The fourth-order valence-corrected chi connectivity index (χ4v) is 4.14. The molecule has 9 heteroatoms. The zero-order chi connectivity index (χ0) is 20.1. The van der Waals surface area contributed by atoms with Gasteiger partial charge in [0.05, 0.1) is 18.7 Å². The lowest BCUT2D eigenvalue weighted by atomic mass is 10.2. The van der Waals surface area contributed by atoms with Crippen molar-refractivity contribution >= 4 is 33.7 Å². The van der Waals surface area contributed by atoms with E-state index in [1.165, 1.54) is 22.7 Å². The molecular formula is C20H17N5O2S2. The number of nitrogens with one attached hydrogen (secondary N) is 1. The Hall–Kier alpha value is -3.17.